The Morgan fingerprint density at radius 2 is 2.21 bits per heavy atom. The van der Waals surface area contributed by atoms with Gasteiger partial charge in [-0.2, -0.15) is 0 Å². The first-order chi connectivity index (χ1) is 6.76. The van der Waals surface area contributed by atoms with E-state index in [-0.39, 0.29) is 12.1 Å². The van der Waals surface area contributed by atoms with Crippen LogP contribution >= 0.6 is 0 Å². The number of nitrogens with one attached hydrogen (secondary N) is 1. The second-order valence-electron chi connectivity index (χ2n) is 4.14. The number of aliphatic hydroxyl groups is 1. The third kappa shape index (κ3) is 1.56. The Labute approximate surface area is 85.0 Å². The zero-order chi connectivity index (χ0) is 10.0. The molecule has 0 spiro atoms. The zero-order valence-corrected chi connectivity index (χ0v) is 8.59. The van der Waals surface area contributed by atoms with Crippen molar-refractivity contribution in [1.29, 1.82) is 0 Å². The van der Waals surface area contributed by atoms with E-state index in [1.54, 1.807) is 0 Å². The van der Waals surface area contributed by atoms with Crippen LogP contribution < -0.4 is 5.32 Å². The van der Waals surface area contributed by atoms with Crippen molar-refractivity contribution in [2.45, 2.75) is 25.3 Å². The molecular formula is C12H17NO. The highest BCUT2D eigenvalue weighted by atomic mass is 16.3. The molecule has 76 valence electrons. The lowest BCUT2D eigenvalue weighted by atomic mass is 9.94. The maximum atomic E-state index is 8.83. The van der Waals surface area contributed by atoms with Crippen molar-refractivity contribution in [1.82, 2.24) is 5.32 Å². The van der Waals surface area contributed by atoms with Gasteiger partial charge in [0, 0.05) is 12.1 Å². The van der Waals surface area contributed by atoms with E-state index < -0.39 is 0 Å². The normalized spacial score (nSPS) is 25.0. The maximum Gasteiger partial charge on any atom is 0.0556 e. The number of hydrogen-bond acceptors (Lipinski definition) is 2. The van der Waals surface area contributed by atoms with Crippen LogP contribution in [0.3, 0.4) is 0 Å². The van der Waals surface area contributed by atoms with Gasteiger partial charge in [0.05, 0.1) is 6.61 Å². The average molecular weight is 191 g/mol. The Morgan fingerprint density at radius 1 is 1.43 bits per heavy atom. The summed E-state index contributed by atoms with van der Waals surface area (Å²) >= 11 is 0. The van der Waals surface area contributed by atoms with Crippen LogP contribution in [-0.2, 0) is 12.0 Å². The summed E-state index contributed by atoms with van der Waals surface area (Å²) in [7, 11) is 0. The predicted octanol–water partition coefficient (Wildman–Crippen LogP) is 1.43. The second kappa shape index (κ2) is 3.71. The van der Waals surface area contributed by atoms with Crippen LogP contribution in [0.25, 0.3) is 0 Å². The Balaban J connectivity index is 2.23. The summed E-state index contributed by atoms with van der Waals surface area (Å²) in [6.45, 7) is 3.09. The number of hydrogen-bond donors (Lipinski definition) is 2. The quantitative estimate of drug-likeness (QED) is 0.757. The number of aryl methyl sites for hydroxylation is 1. The monoisotopic (exact) mass is 191 g/mol. The average Bonchev–Trinajstić information content (AvgIpc) is 2.55. The van der Waals surface area contributed by atoms with E-state index in [1.165, 1.54) is 11.1 Å². The van der Waals surface area contributed by atoms with Gasteiger partial charge < -0.3 is 10.4 Å². The van der Waals surface area contributed by atoms with Crippen LogP contribution in [0.2, 0.25) is 0 Å². The van der Waals surface area contributed by atoms with Crippen LogP contribution in [-0.4, -0.2) is 18.3 Å². The van der Waals surface area contributed by atoms with Gasteiger partial charge in [0.2, 0.25) is 0 Å². The van der Waals surface area contributed by atoms with Crippen molar-refractivity contribution >= 4 is 0 Å². The molecule has 14 heavy (non-hydrogen) atoms. The number of fused-ring (bicyclic) bond motifs is 1. The van der Waals surface area contributed by atoms with Crippen molar-refractivity contribution < 1.29 is 5.11 Å². The molecule has 2 heteroatoms. The largest absolute Gasteiger partial charge is 0.395 e. The standard InChI is InChI=1S/C12H17NO/c1-12(13-8-9-14)7-6-10-4-2-3-5-11(10)12/h2-5,13-14H,6-9H2,1H3. The van der Waals surface area contributed by atoms with Gasteiger partial charge in [-0.1, -0.05) is 24.3 Å². The van der Waals surface area contributed by atoms with Crippen molar-refractivity contribution in [3.63, 3.8) is 0 Å². The van der Waals surface area contributed by atoms with Gasteiger partial charge >= 0.3 is 0 Å². The minimum absolute atomic E-state index is 0.0688. The van der Waals surface area contributed by atoms with E-state index in [9.17, 15) is 0 Å². The molecule has 1 aromatic carbocycles. The van der Waals surface area contributed by atoms with Gasteiger partial charge in [-0.3, -0.25) is 0 Å². The zero-order valence-electron chi connectivity index (χ0n) is 8.59. The Hall–Kier alpha value is -0.860. The van der Waals surface area contributed by atoms with Gasteiger partial charge in [0.25, 0.3) is 0 Å². The second-order valence-corrected chi connectivity index (χ2v) is 4.14. The van der Waals surface area contributed by atoms with E-state index in [4.69, 9.17) is 5.11 Å². The molecule has 0 amide bonds. The minimum atomic E-state index is 0.0688. The van der Waals surface area contributed by atoms with Gasteiger partial charge in [-0.15, -0.1) is 0 Å². The fourth-order valence-corrected chi connectivity index (χ4v) is 2.31. The summed E-state index contributed by atoms with van der Waals surface area (Å²) in [4.78, 5) is 0. The highest BCUT2D eigenvalue weighted by Crippen LogP contribution is 2.35. The van der Waals surface area contributed by atoms with Crippen LogP contribution in [0.4, 0.5) is 0 Å². The molecule has 0 aliphatic heterocycles. The van der Waals surface area contributed by atoms with E-state index >= 15 is 0 Å². The molecule has 1 aromatic rings. The fourth-order valence-electron chi connectivity index (χ4n) is 2.31. The van der Waals surface area contributed by atoms with Gasteiger partial charge in [-0.25, -0.2) is 0 Å². The number of aliphatic hydroxyl groups excluding tert-OH is 1. The van der Waals surface area contributed by atoms with E-state index in [0.29, 0.717) is 6.54 Å². The van der Waals surface area contributed by atoms with E-state index in [1.807, 2.05) is 0 Å². The molecule has 1 aliphatic rings. The highest BCUT2D eigenvalue weighted by Gasteiger charge is 2.32. The Morgan fingerprint density at radius 3 is 3.00 bits per heavy atom. The van der Waals surface area contributed by atoms with Crippen molar-refractivity contribution in [2.24, 2.45) is 0 Å². The third-order valence-corrected chi connectivity index (χ3v) is 3.13. The number of rotatable bonds is 3. The molecule has 1 unspecified atom stereocenters. The minimum Gasteiger partial charge on any atom is -0.395 e. The molecule has 0 saturated carbocycles. The van der Waals surface area contributed by atoms with Gasteiger partial charge in [0.1, 0.15) is 0 Å². The first kappa shape index (κ1) is 9.69. The van der Waals surface area contributed by atoms with Crippen LogP contribution in [0.5, 0.6) is 0 Å². The lowest BCUT2D eigenvalue weighted by molar-refractivity contribution is 0.259. The first-order valence-corrected chi connectivity index (χ1v) is 5.20. The van der Waals surface area contributed by atoms with Crippen LogP contribution in [0.1, 0.15) is 24.5 Å². The maximum absolute atomic E-state index is 8.83. The Bertz CT molecular complexity index is 324. The summed E-state index contributed by atoms with van der Waals surface area (Å²) in [6, 6.07) is 8.56. The molecule has 0 bridgehead atoms. The molecule has 0 radical (unpaired) electrons. The van der Waals surface area contributed by atoms with Gasteiger partial charge in [-0.05, 0) is 30.9 Å². The van der Waals surface area contributed by atoms with Crippen LogP contribution in [0.15, 0.2) is 24.3 Å². The highest BCUT2D eigenvalue weighted by molar-refractivity contribution is 5.37. The lowest BCUT2D eigenvalue weighted by Gasteiger charge is -2.26. The summed E-state index contributed by atoms with van der Waals surface area (Å²) < 4.78 is 0. The van der Waals surface area contributed by atoms with Crippen molar-refractivity contribution in [3.05, 3.63) is 35.4 Å². The molecule has 0 fully saturated rings. The molecule has 0 aromatic heterocycles. The SMILES string of the molecule is CC1(NCCO)CCc2ccccc21. The molecule has 0 saturated heterocycles. The molecule has 1 aliphatic carbocycles. The smallest absolute Gasteiger partial charge is 0.0556 e. The van der Waals surface area contributed by atoms with Crippen molar-refractivity contribution in [3.8, 4) is 0 Å². The fraction of sp³-hybridized carbons (Fsp3) is 0.500. The predicted molar refractivity (Wildman–Crippen MR) is 57.2 cm³/mol. The summed E-state index contributed by atoms with van der Waals surface area (Å²) in [5.74, 6) is 0. The molecule has 2 rings (SSSR count). The van der Waals surface area contributed by atoms with Gasteiger partial charge in [0.15, 0.2) is 0 Å². The molecule has 1 atom stereocenters. The first-order valence-electron chi connectivity index (χ1n) is 5.20. The van der Waals surface area contributed by atoms with E-state index in [0.717, 1.165) is 12.8 Å². The molecule has 2 N–H and O–H groups in total. The Kier molecular flexibility index (Phi) is 2.57. The molecule has 2 nitrogen and oxygen atoms in total. The lowest BCUT2D eigenvalue weighted by Crippen LogP contribution is -2.39. The summed E-state index contributed by atoms with van der Waals surface area (Å²) in [5, 5.41) is 12.2. The third-order valence-electron chi connectivity index (χ3n) is 3.13. The summed E-state index contributed by atoms with van der Waals surface area (Å²) in [5.41, 5.74) is 2.91. The van der Waals surface area contributed by atoms with Crippen molar-refractivity contribution in [2.75, 3.05) is 13.2 Å². The number of benzene rings is 1. The van der Waals surface area contributed by atoms with Crippen LogP contribution in [0, 0.1) is 0 Å². The molecular weight excluding hydrogens is 174 g/mol. The summed E-state index contributed by atoms with van der Waals surface area (Å²) in [6.07, 6.45) is 2.28. The van der Waals surface area contributed by atoms with E-state index in [2.05, 4.69) is 36.5 Å². The molecule has 0 heterocycles. The topological polar surface area (TPSA) is 32.3 Å².